The van der Waals surface area contributed by atoms with Crippen LogP contribution in [0.2, 0.25) is 0 Å². The SMILES string of the molecule is CC/C=C\C/C=C\C/C=C\C/C=C\C/C=C\C/C=C\CCCCCCCCCCCCC(=O)OCC(COP(=O)(O)OCC(O)COP(=O)(O)OCC(O)COC(=O)CCCCCCCCCCCCCCCCCCCCC/C=C\C/C=C\C/C=C\C/C=C\CCCCC)OC(=O)CCCCCCCCCCCCCCC/C=C\C/C=C\C/C=C\C/C=C\C/C=C\CC. The molecule has 0 heterocycles. The van der Waals surface area contributed by atoms with Crippen LogP contribution in [0.5, 0.6) is 0 Å². The Kier molecular flexibility index (Phi) is 97.4. The van der Waals surface area contributed by atoms with Gasteiger partial charge in [-0.3, -0.25) is 32.5 Å². The standard InChI is InChI=1S/C111H190O16P2/c1-4-7-10-13-16-19-22-25-28-31-34-37-40-43-46-49-50-51-52-53-54-57-59-61-64-67-70-73-76-79-82-85-88-91-94-97-109(114)121-100-106(112)101-123-128(117,118)124-102-107(113)103-125-129(119,120)126-105-108(127-111(116)99-96-93-90-87-84-81-78-75-72-69-66-63-60-56-48-45-42-39-36-33-30-27-24-21-18-15-12-9-6-3)104-122-110(115)98-95-92-89-86-83-80-77-74-71-68-65-62-58-55-47-44-41-38-35-32-29-26-23-20-17-14-11-8-5-2/h8-9,11-12,16-21,25-30,34-39,43-48,58,62,106-108,112-113H,4-7,10,13-15,22-24,31-33,40-42,49-57,59-61,63-105H2,1-3H3,(H,117,118)(H,119,120)/b11-8-,12-9-,19-16-,20-17-,21-18-,28-25-,29-26-,30-27-,37-34-,38-35-,39-36-,46-43-,47-44-,48-45-,62-58-. The highest BCUT2D eigenvalue weighted by Gasteiger charge is 2.30. The normalized spacial score (nSPS) is 14.4. The minimum absolute atomic E-state index is 0.0973. The molecule has 0 aliphatic carbocycles. The average Bonchev–Trinajstić information content (AvgIpc) is 0.897. The predicted octanol–water partition coefficient (Wildman–Crippen LogP) is 33.1. The van der Waals surface area contributed by atoms with Gasteiger partial charge in [0, 0.05) is 19.3 Å². The smallest absolute Gasteiger partial charge is 0.463 e. The number of ether oxygens (including phenoxy) is 3. The average molecular weight is 1840 g/mol. The summed E-state index contributed by atoms with van der Waals surface area (Å²) >= 11 is 0. The molecule has 740 valence electrons. The lowest BCUT2D eigenvalue weighted by Gasteiger charge is -2.21. The lowest BCUT2D eigenvalue weighted by atomic mass is 10.0. The van der Waals surface area contributed by atoms with E-state index in [1.165, 1.54) is 212 Å². The zero-order chi connectivity index (χ0) is 93.5. The topological polar surface area (TPSA) is 231 Å². The molecule has 0 spiro atoms. The summed E-state index contributed by atoms with van der Waals surface area (Å²) in [6.45, 7) is 2.49. The van der Waals surface area contributed by atoms with E-state index in [1.807, 2.05) is 0 Å². The van der Waals surface area contributed by atoms with Crippen LogP contribution in [0, 0.1) is 0 Å². The van der Waals surface area contributed by atoms with Crippen LogP contribution >= 0.6 is 15.6 Å². The molecule has 5 atom stereocenters. The zero-order valence-electron chi connectivity index (χ0n) is 82.0. The van der Waals surface area contributed by atoms with E-state index in [0.717, 1.165) is 173 Å². The molecule has 129 heavy (non-hydrogen) atoms. The Labute approximate surface area is 789 Å². The largest absolute Gasteiger partial charge is 0.472 e. The van der Waals surface area contributed by atoms with Gasteiger partial charge in [0.2, 0.25) is 0 Å². The van der Waals surface area contributed by atoms with Crippen molar-refractivity contribution < 1.29 is 75.8 Å². The molecule has 0 aromatic carbocycles. The molecule has 18 heteroatoms. The molecule has 4 N–H and O–H groups in total. The molecule has 0 aliphatic heterocycles. The number of aliphatic hydroxyl groups is 2. The van der Waals surface area contributed by atoms with Crippen LogP contribution in [0.3, 0.4) is 0 Å². The third-order valence-electron chi connectivity index (χ3n) is 22.1. The summed E-state index contributed by atoms with van der Waals surface area (Å²) < 4.78 is 61.7. The first-order valence-electron chi connectivity index (χ1n) is 52.1. The van der Waals surface area contributed by atoms with E-state index in [2.05, 4.69) is 203 Å². The number of rotatable bonds is 98. The number of carbonyl (C=O) groups is 3. The first kappa shape index (κ1) is 124. The van der Waals surface area contributed by atoms with Gasteiger partial charge in [-0.2, -0.15) is 0 Å². The summed E-state index contributed by atoms with van der Waals surface area (Å²) in [7, 11) is -9.82. The molecule has 0 amide bonds. The molecule has 0 aromatic heterocycles. The van der Waals surface area contributed by atoms with Crippen LogP contribution in [0.4, 0.5) is 0 Å². The van der Waals surface area contributed by atoms with Crippen molar-refractivity contribution in [3.8, 4) is 0 Å². The lowest BCUT2D eigenvalue weighted by Crippen LogP contribution is -2.30. The highest BCUT2D eigenvalue weighted by atomic mass is 31.2. The number of unbranched alkanes of at least 4 members (excludes halogenated alkanes) is 45. The quantitative estimate of drug-likeness (QED) is 0.0146. The number of esters is 3. The van der Waals surface area contributed by atoms with Gasteiger partial charge in [0.25, 0.3) is 0 Å². The minimum atomic E-state index is -4.95. The maximum absolute atomic E-state index is 13.1. The van der Waals surface area contributed by atoms with E-state index >= 15 is 0 Å². The maximum Gasteiger partial charge on any atom is 0.472 e. The Balaban J connectivity index is 4.60. The Morgan fingerprint density at radius 1 is 0.225 bits per heavy atom. The van der Waals surface area contributed by atoms with Crippen molar-refractivity contribution in [3.63, 3.8) is 0 Å². The molecule has 5 unspecified atom stereocenters. The van der Waals surface area contributed by atoms with Crippen molar-refractivity contribution in [1.29, 1.82) is 0 Å². The lowest BCUT2D eigenvalue weighted by molar-refractivity contribution is -0.161. The van der Waals surface area contributed by atoms with Crippen LogP contribution in [0.1, 0.15) is 445 Å². The van der Waals surface area contributed by atoms with Crippen LogP contribution in [0.15, 0.2) is 182 Å². The second-order valence-electron chi connectivity index (χ2n) is 34.6. The number of hydrogen-bond acceptors (Lipinski definition) is 14. The van der Waals surface area contributed by atoms with Gasteiger partial charge in [-0.15, -0.1) is 0 Å². The second-order valence-corrected chi connectivity index (χ2v) is 37.5. The molecule has 0 saturated carbocycles. The monoisotopic (exact) mass is 1840 g/mol. The Hall–Kier alpha value is -5.35. The number of phosphoric ester groups is 2. The fraction of sp³-hybridized carbons (Fsp3) is 0.703. The summed E-state index contributed by atoms with van der Waals surface area (Å²) in [5, 5.41) is 20.8. The molecule has 0 aromatic rings. The highest BCUT2D eigenvalue weighted by Crippen LogP contribution is 2.45. The fourth-order valence-corrected chi connectivity index (χ4v) is 15.9. The first-order chi connectivity index (χ1) is 63.2. The molecule has 16 nitrogen and oxygen atoms in total. The second kappa shape index (κ2) is 102. The van der Waals surface area contributed by atoms with Crippen molar-refractivity contribution in [2.75, 3.05) is 39.6 Å². The summed E-state index contributed by atoms with van der Waals surface area (Å²) in [5.41, 5.74) is 0. The summed E-state index contributed by atoms with van der Waals surface area (Å²) in [4.78, 5) is 59.2. The third kappa shape index (κ3) is 103. The van der Waals surface area contributed by atoms with E-state index in [1.54, 1.807) is 0 Å². The van der Waals surface area contributed by atoms with Crippen LogP contribution < -0.4 is 0 Å². The fourth-order valence-electron chi connectivity index (χ4n) is 14.3. The number of carbonyl (C=O) groups excluding carboxylic acids is 3. The van der Waals surface area contributed by atoms with Gasteiger partial charge in [-0.05, 0) is 161 Å². The number of phosphoric acid groups is 2. The number of aliphatic hydroxyl groups excluding tert-OH is 2. The van der Waals surface area contributed by atoms with Gasteiger partial charge in [-0.25, -0.2) is 9.13 Å². The third-order valence-corrected chi connectivity index (χ3v) is 24.0. The molecular formula is C111H190O16P2. The van der Waals surface area contributed by atoms with Gasteiger partial charge < -0.3 is 34.2 Å². The van der Waals surface area contributed by atoms with Gasteiger partial charge in [0.05, 0.1) is 26.4 Å². The Bertz CT molecular complexity index is 3080. The van der Waals surface area contributed by atoms with Gasteiger partial charge in [-0.1, -0.05) is 447 Å². The van der Waals surface area contributed by atoms with E-state index in [-0.39, 0.29) is 19.3 Å². The van der Waals surface area contributed by atoms with E-state index in [0.29, 0.717) is 19.3 Å². The van der Waals surface area contributed by atoms with E-state index in [4.69, 9.17) is 32.3 Å². The van der Waals surface area contributed by atoms with Crippen LogP contribution in [0.25, 0.3) is 0 Å². The van der Waals surface area contributed by atoms with Crippen LogP contribution in [-0.2, 0) is 55.8 Å². The summed E-state index contributed by atoms with van der Waals surface area (Å²) in [6, 6.07) is 0. The van der Waals surface area contributed by atoms with E-state index in [9.17, 15) is 43.5 Å². The molecule has 0 rings (SSSR count). The Morgan fingerprint density at radius 2 is 0.411 bits per heavy atom. The molecule has 0 radical (unpaired) electrons. The van der Waals surface area contributed by atoms with Gasteiger partial charge in [0.15, 0.2) is 6.10 Å². The minimum Gasteiger partial charge on any atom is -0.463 e. The van der Waals surface area contributed by atoms with Gasteiger partial charge in [0.1, 0.15) is 25.4 Å². The Morgan fingerprint density at radius 3 is 0.651 bits per heavy atom. The number of hydrogen-bond donors (Lipinski definition) is 4. The summed E-state index contributed by atoms with van der Waals surface area (Å²) in [5.74, 6) is -1.57. The molecule has 0 fully saturated rings. The number of allylic oxidation sites excluding steroid dienone is 30. The first-order valence-corrected chi connectivity index (χ1v) is 55.1. The highest BCUT2D eigenvalue weighted by molar-refractivity contribution is 7.47. The zero-order valence-corrected chi connectivity index (χ0v) is 83.8. The predicted molar refractivity (Wildman–Crippen MR) is 546 cm³/mol. The molecular weight excluding hydrogens is 1650 g/mol. The van der Waals surface area contributed by atoms with Gasteiger partial charge >= 0.3 is 33.6 Å². The maximum atomic E-state index is 13.1. The van der Waals surface area contributed by atoms with Crippen molar-refractivity contribution in [2.24, 2.45) is 0 Å². The molecule has 0 saturated heterocycles. The van der Waals surface area contributed by atoms with Crippen molar-refractivity contribution >= 4 is 33.6 Å². The molecule has 0 aliphatic rings. The van der Waals surface area contributed by atoms with E-state index < -0.39 is 91.5 Å². The van der Waals surface area contributed by atoms with Crippen LogP contribution in [-0.4, -0.2) is 95.9 Å². The van der Waals surface area contributed by atoms with Crippen molar-refractivity contribution in [2.45, 2.75) is 463 Å². The molecule has 0 bridgehead atoms. The van der Waals surface area contributed by atoms with Crippen molar-refractivity contribution in [3.05, 3.63) is 182 Å². The van der Waals surface area contributed by atoms with Crippen molar-refractivity contribution in [1.82, 2.24) is 0 Å². The summed E-state index contributed by atoms with van der Waals surface area (Å²) in [6.07, 6.45) is 135.